The molecule has 1 rings (SSSR count). The maximum atomic E-state index is 11.0. The van der Waals surface area contributed by atoms with Crippen LogP contribution in [0.2, 0.25) is 0 Å². The zero-order chi connectivity index (χ0) is 15.5. The van der Waals surface area contributed by atoms with E-state index in [1.165, 1.54) is 6.21 Å². The minimum atomic E-state index is -0.430. The summed E-state index contributed by atoms with van der Waals surface area (Å²) in [4.78, 5) is 13.1. The summed E-state index contributed by atoms with van der Waals surface area (Å²) >= 11 is 11.5. The van der Waals surface area contributed by atoms with Gasteiger partial charge in [0.05, 0.1) is 12.3 Å². The van der Waals surface area contributed by atoms with Crippen LogP contribution in [-0.2, 0) is 4.79 Å². The quantitative estimate of drug-likeness (QED) is 0.453. The summed E-state index contributed by atoms with van der Waals surface area (Å²) in [7, 11) is 0. The van der Waals surface area contributed by atoms with E-state index in [1.807, 2.05) is 24.3 Å². The Balaban J connectivity index is 2.62. The molecule has 0 unspecified atom stereocenters. The van der Waals surface area contributed by atoms with Crippen molar-refractivity contribution >= 4 is 41.0 Å². The minimum absolute atomic E-state index is 0.206. The molecular weight excluding hydrogens is 311 g/mol. The van der Waals surface area contributed by atoms with Crippen molar-refractivity contribution in [2.45, 2.75) is 6.42 Å². The average molecular weight is 327 g/mol. The predicted molar refractivity (Wildman–Crippen MR) is 86.1 cm³/mol. The van der Waals surface area contributed by atoms with Crippen molar-refractivity contribution in [2.24, 2.45) is 5.10 Å². The molecule has 0 saturated heterocycles. The maximum absolute atomic E-state index is 11.0. The molecule has 0 atom stereocenters. The second kappa shape index (κ2) is 10.0. The number of nitriles is 1. The van der Waals surface area contributed by atoms with Crippen LogP contribution in [0.15, 0.2) is 29.4 Å². The van der Waals surface area contributed by atoms with E-state index < -0.39 is 5.91 Å². The summed E-state index contributed by atoms with van der Waals surface area (Å²) in [5.74, 6) is 0.636. The fourth-order valence-corrected chi connectivity index (χ4v) is 2.04. The predicted octanol–water partition coefficient (Wildman–Crippen LogP) is 2.33. The van der Waals surface area contributed by atoms with Gasteiger partial charge in [0.15, 0.2) is 0 Å². The summed E-state index contributed by atoms with van der Waals surface area (Å²) in [6.07, 6.45) is 1.31. The molecule has 0 fully saturated rings. The number of nitrogens with zero attached hydrogens (tertiary/aromatic N) is 3. The Kier molecular flexibility index (Phi) is 8.25. The molecule has 0 aliphatic carbocycles. The maximum Gasteiger partial charge on any atom is 0.254 e. The van der Waals surface area contributed by atoms with Crippen LogP contribution in [-0.4, -0.2) is 37.0 Å². The van der Waals surface area contributed by atoms with Gasteiger partial charge in [0.2, 0.25) is 0 Å². The summed E-state index contributed by atoms with van der Waals surface area (Å²) < 4.78 is 0. The molecule has 112 valence electrons. The molecule has 0 bridgehead atoms. The smallest absolute Gasteiger partial charge is 0.254 e. The minimum Gasteiger partial charge on any atom is -0.369 e. The van der Waals surface area contributed by atoms with Gasteiger partial charge in [-0.15, -0.1) is 23.2 Å². The molecule has 1 amide bonds. The number of hydrazone groups is 1. The molecule has 0 aliphatic rings. The number of carbonyl (C=O) groups is 1. The van der Waals surface area contributed by atoms with Crippen LogP contribution in [0.1, 0.15) is 12.0 Å². The van der Waals surface area contributed by atoms with Gasteiger partial charge < -0.3 is 4.90 Å². The van der Waals surface area contributed by atoms with Crippen LogP contribution in [0.5, 0.6) is 0 Å². The largest absolute Gasteiger partial charge is 0.369 e. The van der Waals surface area contributed by atoms with Crippen molar-refractivity contribution in [1.29, 1.82) is 5.26 Å². The SMILES string of the molecule is N#CCC(=O)N/N=C\c1ccc(N(CCCl)CCCl)cc1. The van der Waals surface area contributed by atoms with Gasteiger partial charge in [0.1, 0.15) is 6.42 Å². The van der Waals surface area contributed by atoms with Crippen molar-refractivity contribution in [3.8, 4) is 6.07 Å². The molecule has 5 nitrogen and oxygen atoms in total. The lowest BCUT2D eigenvalue weighted by molar-refractivity contribution is -0.120. The van der Waals surface area contributed by atoms with Gasteiger partial charge in [-0.25, -0.2) is 5.43 Å². The zero-order valence-corrected chi connectivity index (χ0v) is 12.9. The standard InChI is InChI=1S/C14H16Cl2N4O/c15-6-9-20(10-7-16)13-3-1-12(2-4-13)11-18-19-14(21)5-8-17/h1-4,11H,5-7,9-10H2,(H,19,21)/b18-11-. The lowest BCUT2D eigenvalue weighted by Gasteiger charge is -2.22. The molecule has 0 saturated carbocycles. The lowest BCUT2D eigenvalue weighted by Crippen LogP contribution is -2.27. The van der Waals surface area contributed by atoms with E-state index in [4.69, 9.17) is 28.5 Å². The second-order valence-electron chi connectivity index (χ2n) is 4.08. The first-order valence-electron chi connectivity index (χ1n) is 6.37. The molecule has 0 heterocycles. The Morgan fingerprint density at radius 2 is 1.90 bits per heavy atom. The molecular formula is C14H16Cl2N4O. The van der Waals surface area contributed by atoms with E-state index in [2.05, 4.69) is 15.4 Å². The normalized spacial score (nSPS) is 10.3. The summed E-state index contributed by atoms with van der Waals surface area (Å²) in [6, 6.07) is 9.39. The first-order chi connectivity index (χ1) is 10.2. The highest BCUT2D eigenvalue weighted by atomic mass is 35.5. The number of carbonyl (C=O) groups excluding carboxylic acids is 1. The van der Waals surface area contributed by atoms with Crippen molar-refractivity contribution in [2.75, 3.05) is 29.7 Å². The number of halogens is 2. The van der Waals surface area contributed by atoms with Crippen LogP contribution < -0.4 is 10.3 Å². The number of anilines is 1. The van der Waals surface area contributed by atoms with Crippen LogP contribution in [0.3, 0.4) is 0 Å². The number of alkyl halides is 2. The Labute approximate surface area is 134 Å². The fourth-order valence-electron chi connectivity index (χ4n) is 1.64. The summed E-state index contributed by atoms with van der Waals surface area (Å²) in [6.45, 7) is 1.46. The molecule has 0 spiro atoms. The van der Waals surface area contributed by atoms with Gasteiger partial charge in [0.25, 0.3) is 5.91 Å². The van der Waals surface area contributed by atoms with Crippen LogP contribution >= 0.6 is 23.2 Å². The molecule has 1 aromatic rings. The van der Waals surface area contributed by atoms with Crippen molar-refractivity contribution in [3.63, 3.8) is 0 Å². The van der Waals surface area contributed by atoms with E-state index in [0.29, 0.717) is 11.8 Å². The first-order valence-corrected chi connectivity index (χ1v) is 7.44. The van der Waals surface area contributed by atoms with E-state index in [9.17, 15) is 4.79 Å². The van der Waals surface area contributed by atoms with Gasteiger partial charge >= 0.3 is 0 Å². The third-order valence-electron chi connectivity index (χ3n) is 2.61. The van der Waals surface area contributed by atoms with E-state index in [0.717, 1.165) is 24.3 Å². The Morgan fingerprint density at radius 1 is 1.29 bits per heavy atom. The topological polar surface area (TPSA) is 68.5 Å². The fraction of sp³-hybridized carbons (Fsp3) is 0.357. The van der Waals surface area contributed by atoms with Crippen LogP contribution in [0, 0.1) is 11.3 Å². The number of hydrogen-bond acceptors (Lipinski definition) is 4. The van der Waals surface area contributed by atoms with Gasteiger partial charge in [-0.1, -0.05) is 12.1 Å². The monoisotopic (exact) mass is 326 g/mol. The summed E-state index contributed by atoms with van der Waals surface area (Å²) in [5.41, 5.74) is 4.14. The first kappa shape index (κ1) is 17.3. The van der Waals surface area contributed by atoms with E-state index in [-0.39, 0.29) is 6.42 Å². The molecule has 21 heavy (non-hydrogen) atoms. The molecule has 1 aromatic carbocycles. The second-order valence-corrected chi connectivity index (χ2v) is 4.84. The highest BCUT2D eigenvalue weighted by Crippen LogP contribution is 2.14. The Hall–Kier alpha value is -1.77. The Bertz CT molecular complexity index is 505. The number of amides is 1. The third-order valence-corrected chi connectivity index (χ3v) is 2.95. The zero-order valence-electron chi connectivity index (χ0n) is 11.4. The summed E-state index contributed by atoms with van der Waals surface area (Å²) in [5, 5.41) is 12.1. The molecule has 1 N–H and O–H groups in total. The number of benzene rings is 1. The number of rotatable bonds is 8. The number of nitrogens with one attached hydrogen (secondary N) is 1. The van der Waals surface area contributed by atoms with Gasteiger partial charge in [-0.2, -0.15) is 10.4 Å². The van der Waals surface area contributed by atoms with Gasteiger partial charge in [0, 0.05) is 30.5 Å². The highest BCUT2D eigenvalue weighted by molar-refractivity contribution is 6.18. The van der Waals surface area contributed by atoms with Gasteiger partial charge in [-0.05, 0) is 17.7 Å². The molecule has 0 radical (unpaired) electrons. The third kappa shape index (κ3) is 6.48. The van der Waals surface area contributed by atoms with Crippen molar-refractivity contribution in [1.82, 2.24) is 5.43 Å². The highest BCUT2D eigenvalue weighted by Gasteiger charge is 2.04. The molecule has 7 heteroatoms. The van der Waals surface area contributed by atoms with Crippen LogP contribution in [0.4, 0.5) is 5.69 Å². The molecule has 0 aliphatic heterocycles. The van der Waals surface area contributed by atoms with Crippen molar-refractivity contribution in [3.05, 3.63) is 29.8 Å². The average Bonchev–Trinajstić information content (AvgIpc) is 2.48. The number of hydrogen-bond donors (Lipinski definition) is 1. The lowest BCUT2D eigenvalue weighted by atomic mass is 10.2. The van der Waals surface area contributed by atoms with Gasteiger partial charge in [-0.3, -0.25) is 4.79 Å². The van der Waals surface area contributed by atoms with E-state index >= 15 is 0 Å². The van der Waals surface area contributed by atoms with Crippen molar-refractivity contribution < 1.29 is 4.79 Å². The van der Waals surface area contributed by atoms with Crippen LogP contribution in [0.25, 0.3) is 0 Å². The molecule has 0 aromatic heterocycles. The Morgan fingerprint density at radius 3 is 2.43 bits per heavy atom. The van der Waals surface area contributed by atoms with E-state index in [1.54, 1.807) is 6.07 Å².